The lowest BCUT2D eigenvalue weighted by Crippen LogP contribution is -2.04. The van der Waals surface area contributed by atoms with Crippen LogP contribution in [-0.4, -0.2) is 12.0 Å². The molecule has 0 aromatic heterocycles. The van der Waals surface area contributed by atoms with Crippen LogP contribution in [0.3, 0.4) is 0 Å². The van der Waals surface area contributed by atoms with Gasteiger partial charge in [0.25, 0.3) is 5.69 Å². The highest BCUT2D eigenvalue weighted by molar-refractivity contribution is 14.1. The molecule has 0 spiro atoms. The van der Waals surface area contributed by atoms with Gasteiger partial charge in [-0.25, -0.2) is 0 Å². The second-order valence-corrected chi connectivity index (χ2v) is 8.16. The number of nitrogens with one attached hydrogen (secondary N) is 1. The monoisotopic (exact) mass is 518 g/mol. The Morgan fingerprint density at radius 1 is 1.03 bits per heavy atom. The van der Waals surface area contributed by atoms with Gasteiger partial charge in [0.05, 0.1) is 15.6 Å². The predicted octanol–water partition coefficient (Wildman–Crippen LogP) is 6.02. The van der Waals surface area contributed by atoms with Crippen molar-refractivity contribution in [2.24, 2.45) is 0 Å². The first-order valence-electron chi connectivity index (χ1n) is 9.41. The third-order valence-electron chi connectivity index (χ3n) is 4.68. The fraction of sp³-hybridized carbons (Fsp3) is 0.217. The van der Waals surface area contributed by atoms with Crippen molar-refractivity contribution in [1.82, 2.24) is 0 Å². The highest BCUT2D eigenvalue weighted by atomic mass is 127. The number of non-ortho nitro benzene ring substituents is 1. The minimum absolute atomic E-state index is 0.0616. The Hall–Kier alpha value is -2.81. The van der Waals surface area contributed by atoms with Crippen LogP contribution >= 0.6 is 22.6 Å². The summed E-state index contributed by atoms with van der Waals surface area (Å²) in [4.78, 5) is 10.4. The van der Waals surface area contributed by atoms with Crippen molar-refractivity contribution < 1.29 is 14.4 Å². The van der Waals surface area contributed by atoms with E-state index in [1.807, 2.05) is 6.07 Å². The molecule has 0 saturated carbocycles. The molecule has 1 N–H and O–H groups in total. The Balaban J connectivity index is 1.71. The average Bonchev–Trinajstić information content (AvgIpc) is 2.72. The fourth-order valence-electron chi connectivity index (χ4n) is 3.09. The molecule has 0 bridgehead atoms. The highest BCUT2D eigenvalue weighted by Gasteiger charge is 2.13. The fourth-order valence-corrected chi connectivity index (χ4v) is 3.92. The predicted molar refractivity (Wildman–Crippen MR) is 126 cm³/mol. The molecule has 3 aromatic rings. The van der Waals surface area contributed by atoms with Crippen molar-refractivity contribution in [2.45, 2.75) is 27.0 Å². The van der Waals surface area contributed by atoms with Gasteiger partial charge < -0.3 is 14.8 Å². The van der Waals surface area contributed by atoms with Gasteiger partial charge in [0.2, 0.25) is 0 Å². The molecular formula is C23H23IN2O4. The second-order valence-electron chi connectivity index (χ2n) is 6.99. The summed E-state index contributed by atoms with van der Waals surface area (Å²) in [7, 11) is 1.62. The molecule has 0 radical (unpaired) electrons. The first kappa shape index (κ1) is 21.9. The number of methoxy groups -OCH3 is 1. The van der Waals surface area contributed by atoms with Crippen LogP contribution in [0.5, 0.6) is 11.5 Å². The Kier molecular flexibility index (Phi) is 7.15. The number of ether oxygens (including phenoxy) is 2. The maximum atomic E-state index is 10.8. The molecule has 0 saturated heterocycles. The lowest BCUT2D eigenvalue weighted by atomic mass is 10.1. The standard InChI is InChI=1S/C23H23IN2O4/c1-15-4-9-21(16(2)10-15)25-13-18-11-20(24)23(22(12-18)29-3)30-14-17-5-7-19(8-6-17)26(27)28/h4-12,25H,13-14H2,1-3H3. The minimum atomic E-state index is -0.415. The van der Waals surface area contributed by atoms with Crippen LogP contribution < -0.4 is 14.8 Å². The van der Waals surface area contributed by atoms with E-state index in [4.69, 9.17) is 9.47 Å². The zero-order chi connectivity index (χ0) is 21.7. The smallest absolute Gasteiger partial charge is 0.269 e. The number of nitrogens with zero attached hydrogens (tertiary/aromatic N) is 1. The van der Waals surface area contributed by atoms with E-state index in [-0.39, 0.29) is 5.69 Å². The molecule has 3 aromatic carbocycles. The quantitative estimate of drug-likeness (QED) is 0.225. The number of nitro groups is 1. The molecule has 30 heavy (non-hydrogen) atoms. The number of hydrogen-bond acceptors (Lipinski definition) is 5. The SMILES string of the molecule is COc1cc(CNc2ccc(C)cc2C)cc(I)c1OCc1ccc([N+](=O)[O-])cc1. The number of nitro benzene ring substituents is 1. The second kappa shape index (κ2) is 9.80. The van der Waals surface area contributed by atoms with Gasteiger partial charge in [0.1, 0.15) is 6.61 Å². The van der Waals surface area contributed by atoms with Gasteiger partial charge >= 0.3 is 0 Å². The van der Waals surface area contributed by atoms with Crippen molar-refractivity contribution in [3.05, 3.63) is 90.5 Å². The van der Waals surface area contributed by atoms with Crippen LogP contribution in [0.2, 0.25) is 0 Å². The van der Waals surface area contributed by atoms with Crippen molar-refractivity contribution >= 4 is 34.0 Å². The van der Waals surface area contributed by atoms with Crippen LogP contribution in [0.1, 0.15) is 22.3 Å². The lowest BCUT2D eigenvalue weighted by molar-refractivity contribution is -0.384. The number of rotatable bonds is 8. The molecule has 156 valence electrons. The molecule has 0 atom stereocenters. The largest absolute Gasteiger partial charge is 0.493 e. The first-order valence-corrected chi connectivity index (χ1v) is 10.5. The molecule has 6 nitrogen and oxygen atoms in total. The van der Waals surface area contributed by atoms with E-state index >= 15 is 0 Å². The number of benzene rings is 3. The van der Waals surface area contributed by atoms with E-state index in [1.165, 1.54) is 23.3 Å². The normalized spacial score (nSPS) is 10.5. The summed E-state index contributed by atoms with van der Waals surface area (Å²) in [5, 5.41) is 14.3. The maximum absolute atomic E-state index is 10.8. The van der Waals surface area contributed by atoms with Crippen LogP contribution in [-0.2, 0) is 13.2 Å². The number of hydrogen-bond donors (Lipinski definition) is 1. The van der Waals surface area contributed by atoms with Crippen LogP contribution in [0, 0.1) is 27.5 Å². The summed E-state index contributed by atoms with van der Waals surface area (Å²) in [6, 6.07) is 16.7. The minimum Gasteiger partial charge on any atom is -0.493 e. The van der Waals surface area contributed by atoms with E-state index < -0.39 is 4.92 Å². The summed E-state index contributed by atoms with van der Waals surface area (Å²) in [6.45, 7) is 5.14. The number of aryl methyl sites for hydroxylation is 2. The van der Waals surface area contributed by atoms with Crippen LogP contribution in [0.25, 0.3) is 0 Å². The summed E-state index contributed by atoms with van der Waals surface area (Å²) in [5.41, 5.74) is 5.54. The van der Waals surface area contributed by atoms with Gasteiger partial charge in [-0.1, -0.05) is 17.7 Å². The van der Waals surface area contributed by atoms with Gasteiger partial charge in [0, 0.05) is 24.4 Å². The molecule has 7 heteroatoms. The Bertz CT molecular complexity index is 1050. The molecule has 0 amide bonds. The number of halogens is 1. The Morgan fingerprint density at radius 2 is 1.77 bits per heavy atom. The van der Waals surface area contributed by atoms with E-state index in [1.54, 1.807) is 19.2 Å². The molecular weight excluding hydrogens is 495 g/mol. The molecule has 0 unspecified atom stereocenters. The highest BCUT2D eigenvalue weighted by Crippen LogP contribution is 2.35. The first-order chi connectivity index (χ1) is 14.4. The van der Waals surface area contributed by atoms with Gasteiger partial charge in [-0.2, -0.15) is 0 Å². The maximum Gasteiger partial charge on any atom is 0.269 e. The van der Waals surface area contributed by atoms with Gasteiger partial charge in [-0.05, 0) is 83.5 Å². The third kappa shape index (κ3) is 5.41. The molecule has 0 aliphatic carbocycles. The topological polar surface area (TPSA) is 73.6 Å². The third-order valence-corrected chi connectivity index (χ3v) is 5.49. The number of anilines is 1. The summed E-state index contributed by atoms with van der Waals surface area (Å²) >= 11 is 2.23. The zero-order valence-electron chi connectivity index (χ0n) is 17.1. The molecule has 0 aliphatic heterocycles. The molecule has 0 heterocycles. The molecule has 0 fully saturated rings. The van der Waals surface area contributed by atoms with Gasteiger partial charge in [0.15, 0.2) is 11.5 Å². The summed E-state index contributed by atoms with van der Waals surface area (Å²) in [6.07, 6.45) is 0. The van der Waals surface area contributed by atoms with Crippen molar-refractivity contribution in [3.8, 4) is 11.5 Å². The van der Waals surface area contributed by atoms with Crippen molar-refractivity contribution in [1.29, 1.82) is 0 Å². The molecule has 0 aliphatic rings. The summed E-state index contributed by atoms with van der Waals surface area (Å²) in [5.74, 6) is 1.31. The van der Waals surface area contributed by atoms with E-state index in [9.17, 15) is 10.1 Å². The van der Waals surface area contributed by atoms with Crippen LogP contribution in [0.15, 0.2) is 54.6 Å². The Morgan fingerprint density at radius 3 is 2.40 bits per heavy atom. The van der Waals surface area contributed by atoms with Gasteiger partial charge in [-0.3, -0.25) is 10.1 Å². The van der Waals surface area contributed by atoms with Crippen molar-refractivity contribution in [3.63, 3.8) is 0 Å². The van der Waals surface area contributed by atoms with E-state index in [0.29, 0.717) is 24.7 Å². The molecule has 3 rings (SSSR count). The van der Waals surface area contributed by atoms with Gasteiger partial charge in [-0.15, -0.1) is 0 Å². The zero-order valence-corrected chi connectivity index (χ0v) is 19.2. The average molecular weight is 518 g/mol. The van der Waals surface area contributed by atoms with Crippen LogP contribution in [0.4, 0.5) is 11.4 Å². The summed E-state index contributed by atoms with van der Waals surface area (Å²) < 4.78 is 12.5. The van der Waals surface area contributed by atoms with Crippen molar-refractivity contribution in [2.75, 3.05) is 12.4 Å². The lowest BCUT2D eigenvalue weighted by Gasteiger charge is -2.16. The van der Waals surface area contributed by atoms with E-state index in [2.05, 4.69) is 66.0 Å². The Labute approximate surface area is 189 Å². The van der Waals surface area contributed by atoms with E-state index in [0.717, 1.165) is 20.4 Å².